The molecule has 9 heteroatoms. The Morgan fingerprint density at radius 1 is 0.265 bits per heavy atom. The number of hydrogen-bond donors (Lipinski definition) is 0. The maximum absolute atomic E-state index is 9.98. The molecule has 0 amide bonds. The minimum Gasteiger partial charge on any atom is -0.309 e. The number of hydrogen-bond acceptors (Lipinski definition) is 6. The van der Waals surface area contributed by atoms with Gasteiger partial charge < -0.3 is 13.7 Å². The van der Waals surface area contributed by atoms with Crippen LogP contribution in [0, 0.1) is 45.3 Å². The quantitative estimate of drug-likeness (QED) is 0.149. The standard InChI is InChI=1S/C74H41N9/c75-42-46-17-33-70-62(37-46)60-13-5-7-15-68(60)82(70)56-31-35-72-64(39-56)65-40-57(83-69-16-8-6-14-61(69)63-38-47(43-76)18-34-71(63)83)32-36-73(65)81(72)55-29-27-51(28-30-55)49-21-19-48(20-22-49)50-23-25-52(26-24-50)66-41-67(58-11-3-1-9-53(58)44-77)80-74(79-66)59-12-4-2-10-54(59)45-78/h1-41H. The zero-order valence-corrected chi connectivity index (χ0v) is 44.2. The van der Waals surface area contributed by atoms with Gasteiger partial charge in [-0.15, -0.1) is 0 Å². The molecule has 0 unspecified atom stereocenters. The Bertz CT molecular complexity index is 5100. The van der Waals surface area contributed by atoms with Gasteiger partial charge in [0, 0.05) is 66.1 Å². The molecule has 382 valence electrons. The molecule has 15 rings (SSSR count). The van der Waals surface area contributed by atoms with Crippen molar-refractivity contribution in [3.8, 4) is 97.5 Å². The van der Waals surface area contributed by atoms with E-state index >= 15 is 0 Å². The van der Waals surface area contributed by atoms with Crippen LogP contribution < -0.4 is 0 Å². The number of fused-ring (bicyclic) bond motifs is 9. The van der Waals surface area contributed by atoms with E-state index in [1.165, 1.54) is 0 Å². The molecular formula is C74H41N9. The fourth-order valence-electron chi connectivity index (χ4n) is 12.1. The van der Waals surface area contributed by atoms with E-state index in [0.29, 0.717) is 50.6 Å². The topological polar surface area (TPSA) is 136 Å². The van der Waals surface area contributed by atoms with Gasteiger partial charge in [0.25, 0.3) is 0 Å². The fraction of sp³-hybridized carbons (Fsp3) is 0. The first-order chi connectivity index (χ1) is 40.9. The number of nitrogens with zero attached hydrogens (tertiary/aromatic N) is 9. The van der Waals surface area contributed by atoms with Crippen molar-refractivity contribution in [2.75, 3.05) is 0 Å². The van der Waals surface area contributed by atoms with E-state index in [-0.39, 0.29) is 0 Å². The molecule has 11 aromatic carbocycles. The molecule has 0 fully saturated rings. The average molecular weight is 1060 g/mol. The molecule has 4 heterocycles. The Morgan fingerprint density at radius 3 is 1.12 bits per heavy atom. The number of nitriles is 4. The Morgan fingerprint density at radius 2 is 0.627 bits per heavy atom. The zero-order valence-electron chi connectivity index (χ0n) is 44.2. The highest BCUT2D eigenvalue weighted by atomic mass is 15.0. The van der Waals surface area contributed by atoms with Crippen molar-refractivity contribution in [2.24, 2.45) is 0 Å². The van der Waals surface area contributed by atoms with Gasteiger partial charge in [0.1, 0.15) is 0 Å². The Hall–Kier alpha value is -12.1. The predicted octanol–water partition coefficient (Wildman–Crippen LogP) is 17.6. The van der Waals surface area contributed by atoms with Crippen molar-refractivity contribution >= 4 is 65.4 Å². The smallest absolute Gasteiger partial charge is 0.161 e. The summed E-state index contributed by atoms with van der Waals surface area (Å²) < 4.78 is 6.96. The minimum absolute atomic E-state index is 0.413. The van der Waals surface area contributed by atoms with Gasteiger partial charge in [0.05, 0.1) is 91.0 Å². The molecule has 0 saturated heterocycles. The SMILES string of the molecule is N#Cc1ccc2c(c1)c1ccccc1n2-c1ccc2c(c1)c1cc(-n3c4ccccc4c4cc(C#N)ccc43)ccc1n2-c1ccc(-c2ccc(-c3ccc(-c4cc(-c5ccccc5C#N)nc(-c5ccccc5C#N)n4)cc3)cc2)cc1. The van der Waals surface area contributed by atoms with Crippen LogP contribution >= 0.6 is 0 Å². The van der Waals surface area contributed by atoms with E-state index in [2.05, 4.69) is 196 Å². The summed E-state index contributed by atoms with van der Waals surface area (Å²) in [4.78, 5) is 9.86. The van der Waals surface area contributed by atoms with E-state index in [0.717, 1.165) is 110 Å². The summed E-state index contributed by atoms with van der Waals surface area (Å²) in [5, 5.41) is 46.1. The first-order valence-corrected chi connectivity index (χ1v) is 27.1. The average Bonchev–Trinajstić information content (AvgIpc) is 4.19. The van der Waals surface area contributed by atoms with Gasteiger partial charge in [-0.1, -0.05) is 127 Å². The summed E-state index contributed by atoms with van der Waals surface area (Å²) >= 11 is 0. The maximum atomic E-state index is 9.98. The molecule has 4 aromatic heterocycles. The fourth-order valence-corrected chi connectivity index (χ4v) is 12.1. The largest absolute Gasteiger partial charge is 0.309 e. The highest BCUT2D eigenvalue weighted by Crippen LogP contribution is 2.41. The van der Waals surface area contributed by atoms with E-state index in [4.69, 9.17) is 9.97 Å². The highest BCUT2D eigenvalue weighted by Gasteiger charge is 2.21. The number of rotatable bonds is 8. The van der Waals surface area contributed by atoms with E-state index in [1.807, 2.05) is 78.9 Å². The van der Waals surface area contributed by atoms with E-state index < -0.39 is 0 Å². The van der Waals surface area contributed by atoms with Crippen LogP contribution in [-0.2, 0) is 0 Å². The van der Waals surface area contributed by atoms with Crippen molar-refractivity contribution < 1.29 is 0 Å². The van der Waals surface area contributed by atoms with E-state index in [1.54, 1.807) is 12.1 Å². The van der Waals surface area contributed by atoms with Crippen LogP contribution in [0.4, 0.5) is 0 Å². The third kappa shape index (κ3) is 7.90. The van der Waals surface area contributed by atoms with Crippen LogP contribution in [0.25, 0.3) is 139 Å². The molecule has 0 aliphatic rings. The number of para-hydroxylation sites is 2. The van der Waals surface area contributed by atoms with Crippen LogP contribution in [-0.4, -0.2) is 23.7 Å². The van der Waals surface area contributed by atoms with Gasteiger partial charge in [-0.25, -0.2) is 9.97 Å². The molecule has 9 nitrogen and oxygen atoms in total. The lowest BCUT2D eigenvalue weighted by molar-refractivity contribution is 1.16. The molecule has 83 heavy (non-hydrogen) atoms. The number of benzene rings is 11. The summed E-state index contributed by atoms with van der Waals surface area (Å²) in [7, 11) is 0. The third-order valence-corrected chi connectivity index (χ3v) is 16.0. The predicted molar refractivity (Wildman–Crippen MR) is 331 cm³/mol. The molecule has 0 spiro atoms. The van der Waals surface area contributed by atoms with Gasteiger partial charge in [-0.3, -0.25) is 0 Å². The summed E-state index contributed by atoms with van der Waals surface area (Å²) in [5.41, 5.74) is 19.3. The summed E-state index contributed by atoms with van der Waals surface area (Å²) in [6.45, 7) is 0. The highest BCUT2D eigenvalue weighted by molar-refractivity contribution is 6.14. The lowest BCUT2D eigenvalue weighted by atomic mass is 9.98. The Labute approximate surface area is 476 Å². The van der Waals surface area contributed by atoms with E-state index in [9.17, 15) is 21.0 Å². The van der Waals surface area contributed by atoms with Crippen LogP contribution in [0.15, 0.2) is 249 Å². The monoisotopic (exact) mass is 1060 g/mol. The lowest BCUT2D eigenvalue weighted by Crippen LogP contribution is -1.98. The van der Waals surface area contributed by atoms with Gasteiger partial charge >= 0.3 is 0 Å². The molecule has 0 atom stereocenters. The summed E-state index contributed by atoms with van der Waals surface area (Å²) in [5.74, 6) is 0.413. The first kappa shape index (κ1) is 48.0. The van der Waals surface area contributed by atoms with Crippen molar-refractivity contribution in [3.63, 3.8) is 0 Å². The second-order valence-corrected chi connectivity index (χ2v) is 20.6. The lowest BCUT2D eigenvalue weighted by Gasteiger charge is -2.12. The maximum Gasteiger partial charge on any atom is 0.161 e. The van der Waals surface area contributed by atoms with Crippen molar-refractivity contribution in [1.29, 1.82) is 21.0 Å². The van der Waals surface area contributed by atoms with Gasteiger partial charge in [-0.2, -0.15) is 21.0 Å². The number of aromatic nitrogens is 5. The second-order valence-electron chi connectivity index (χ2n) is 20.6. The second kappa shape index (κ2) is 19.3. The summed E-state index contributed by atoms with van der Waals surface area (Å²) in [6, 6.07) is 93.6. The third-order valence-electron chi connectivity index (χ3n) is 16.0. The molecule has 0 aliphatic heterocycles. The van der Waals surface area contributed by atoms with Gasteiger partial charge in [0.2, 0.25) is 0 Å². The van der Waals surface area contributed by atoms with Crippen LogP contribution in [0.2, 0.25) is 0 Å². The normalized spacial score (nSPS) is 11.3. The van der Waals surface area contributed by atoms with Gasteiger partial charge in [0.15, 0.2) is 5.82 Å². The van der Waals surface area contributed by atoms with Crippen molar-refractivity contribution in [3.05, 3.63) is 271 Å². The zero-order chi connectivity index (χ0) is 55.7. The first-order valence-electron chi connectivity index (χ1n) is 27.1. The summed E-state index contributed by atoms with van der Waals surface area (Å²) in [6.07, 6.45) is 0. The molecule has 0 N–H and O–H groups in total. The molecule has 0 saturated carbocycles. The van der Waals surface area contributed by atoms with Crippen LogP contribution in [0.1, 0.15) is 22.3 Å². The van der Waals surface area contributed by atoms with Crippen LogP contribution in [0.5, 0.6) is 0 Å². The molecule has 15 aromatic rings. The molecule has 0 aliphatic carbocycles. The van der Waals surface area contributed by atoms with Gasteiger partial charge in [-0.05, 0) is 144 Å². The van der Waals surface area contributed by atoms with Crippen LogP contribution in [0.3, 0.4) is 0 Å². The van der Waals surface area contributed by atoms with Crippen molar-refractivity contribution in [2.45, 2.75) is 0 Å². The Kier molecular flexibility index (Phi) is 11.2. The molecular weight excluding hydrogens is 1010 g/mol. The van der Waals surface area contributed by atoms with Crippen molar-refractivity contribution in [1.82, 2.24) is 23.7 Å². The molecule has 0 bridgehead atoms. The minimum atomic E-state index is 0.413. The Balaban J connectivity index is 0.796. The molecule has 0 radical (unpaired) electrons.